The molecule has 4 aromatic rings. The molecule has 1 unspecified atom stereocenters. The first-order valence-corrected chi connectivity index (χ1v) is 20.2. The highest BCUT2D eigenvalue weighted by molar-refractivity contribution is 8.08. The topological polar surface area (TPSA) is 26.3 Å². The zero-order valence-corrected chi connectivity index (χ0v) is 23.9. The minimum absolute atomic E-state index is 0.616. The summed E-state index contributed by atoms with van der Waals surface area (Å²) in [5.74, 6) is 0.758. The van der Waals surface area contributed by atoms with Crippen molar-refractivity contribution in [3.8, 4) is 16.9 Å². The number of benzene rings is 4. The molecule has 0 aliphatic heterocycles. The highest BCUT2D eigenvalue weighted by atomic mass is 35.7. The molecule has 0 saturated heterocycles. The van der Waals surface area contributed by atoms with E-state index in [0.717, 1.165) is 38.4 Å². The monoisotopic (exact) mass is 510 g/mol. The first kappa shape index (κ1) is 24.2. The fourth-order valence-electron chi connectivity index (χ4n) is 4.37. The fourth-order valence-corrected chi connectivity index (χ4v) is 7.65. The lowest BCUT2D eigenvalue weighted by Gasteiger charge is -2.21. The van der Waals surface area contributed by atoms with E-state index in [0.29, 0.717) is 4.90 Å². The number of rotatable bonds is 5. The smallest absolute Gasteiger partial charge is 0.148 e. The van der Waals surface area contributed by atoms with Crippen LogP contribution >= 0.6 is 10.7 Å². The molecule has 0 aliphatic rings. The molecule has 0 bridgehead atoms. The summed E-state index contributed by atoms with van der Waals surface area (Å²) in [7, 11) is 3.33. The van der Waals surface area contributed by atoms with Crippen LogP contribution in [0.5, 0.6) is 5.75 Å². The van der Waals surface area contributed by atoms with E-state index in [1.807, 2.05) is 18.2 Å². The number of fused-ring (bicyclic) bond motifs is 2. The van der Waals surface area contributed by atoms with Gasteiger partial charge in [-0.25, -0.2) is 4.21 Å². The van der Waals surface area contributed by atoms with Crippen LogP contribution in [0.25, 0.3) is 32.7 Å². The number of methoxy groups -OCH3 is 1. The van der Waals surface area contributed by atoms with Crippen molar-refractivity contribution in [1.82, 2.24) is 0 Å². The Bertz CT molecular complexity index is 1400. The lowest BCUT2D eigenvalue weighted by atomic mass is 9.93. The van der Waals surface area contributed by atoms with Crippen LogP contribution in [0.4, 0.5) is 0 Å². The standard InChI is InChI=1S/C27H31ClO2SSi2/c1-30-24-14-8-18-16-20(32(2,3)4)10-12-22(18)26(24)27-23-13-11-21(33(5,6)7)17-19(23)9-15-25(27)31(28)29/h8-17H,1-7H3. The highest BCUT2D eigenvalue weighted by Gasteiger charge is 2.23. The molecule has 1 atom stereocenters. The Morgan fingerprint density at radius 3 is 1.64 bits per heavy atom. The number of halogens is 1. The van der Waals surface area contributed by atoms with Gasteiger partial charge in [-0.15, -0.1) is 0 Å². The zero-order chi connectivity index (χ0) is 24.1. The van der Waals surface area contributed by atoms with E-state index in [-0.39, 0.29) is 0 Å². The molecular weight excluding hydrogens is 480 g/mol. The average molecular weight is 511 g/mol. The van der Waals surface area contributed by atoms with Crippen molar-refractivity contribution in [2.75, 3.05) is 7.11 Å². The van der Waals surface area contributed by atoms with Gasteiger partial charge in [0.25, 0.3) is 0 Å². The third kappa shape index (κ3) is 4.56. The summed E-state index contributed by atoms with van der Waals surface area (Å²) in [6, 6.07) is 21.5. The second-order valence-electron chi connectivity index (χ2n) is 10.7. The Hall–Kier alpha value is -1.93. The Morgan fingerprint density at radius 2 is 1.18 bits per heavy atom. The fraction of sp³-hybridized carbons (Fsp3) is 0.259. The molecule has 0 heterocycles. The molecule has 0 fully saturated rings. The van der Waals surface area contributed by atoms with Crippen LogP contribution in [-0.2, 0) is 10.0 Å². The van der Waals surface area contributed by atoms with Gasteiger partial charge < -0.3 is 4.74 Å². The van der Waals surface area contributed by atoms with Gasteiger partial charge in [-0.05, 0) is 44.4 Å². The van der Waals surface area contributed by atoms with Crippen molar-refractivity contribution in [2.24, 2.45) is 0 Å². The Balaban J connectivity index is 2.13. The van der Waals surface area contributed by atoms with Gasteiger partial charge in [-0.1, -0.05) is 98.2 Å². The molecular formula is C27H31ClO2SSi2. The van der Waals surface area contributed by atoms with E-state index in [1.54, 1.807) is 7.11 Å². The molecule has 0 N–H and O–H groups in total. The lowest BCUT2D eigenvalue weighted by molar-refractivity contribution is 0.417. The van der Waals surface area contributed by atoms with E-state index < -0.39 is 26.2 Å². The van der Waals surface area contributed by atoms with Crippen molar-refractivity contribution < 1.29 is 8.95 Å². The number of ether oxygens (including phenoxy) is 1. The normalized spacial score (nSPS) is 13.5. The van der Waals surface area contributed by atoms with Crippen LogP contribution in [-0.4, -0.2) is 27.5 Å². The van der Waals surface area contributed by atoms with E-state index in [1.165, 1.54) is 10.4 Å². The van der Waals surface area contributed by atoms with Gasteiger partial charge in [0.1, 0.15) is 15.8 Å². The maximum atomic E-state index is 12.7. The van der Waals surface area contributed by atoms with E-state index >= 15 is 0 Å². The summed E-state index contributed by atoms with van der Waals surface area (Å²) >= 11 is 0. The predicted molar refractivity (Wildman–Crippen MR) is 152 cm³/mol. The van der Waals surface area contributed by atoms with Crippen molar-refractivity contribution in [1.29, 1.82) is 0 Å². The largest absolute Gasteiger partial charge is 0.496 e. The van der Waals surface area contributed by atoms with Gasteiger partial charge in [0.2, 0.25) is 0 Å². The second-order valence-corrected chi connectivity index (χ2v) is 22.6. The summed E-state index contributed by atoms with van der Waals surface area (Å²) in [5.41, 5.74) is 1.85. The second kappa shape index (κ2) is 8.69. The molecule has 0 aliphatic carbocycles. The predicted octanol–water partition coefficient (Wildman–Crippen LogP) is 7.02. The molecule has 0 saturated carbocycles. The SMILES string of the molecule is COc1ccc2cc([Si](C)(C)C)ccc2c1-c1c(S(=O)Cl)ccc2cc([Si](C)(C)C)ccc12. The summed E-state index contributed by atoms with van der Waals surface area (Å²) < 4.78 is 18.5. The van der Waals surface area contributed by atoms with Gasteiger partial charge in [-0.2, -0.15) is 0 Å². The first-order chi connectivity index (χ1) is 15.4. The molecule has 0 aromatic heterocycles. The van der Waals surface area contributed by atoms with Gasteiger partial charge >= 0.3 is 0 Å². The van der Waals surface area contributed by atoms with Crippen LogP contribution < -0.4 is 15.1 Å². The zero-order valence-electron chi connectivity index (χ0n) is 20.4. The van der Waals surface area contributed by atoms with Crippen LogP contribution in [0.3, 0.4) is 0 Å². The third-order valence-electron chi connectivity index (χ3n) is 6.34. The quantitative estimate of drug-likeness (QED) is 0.213. The van der Waals surface area contributed by atoms with Crippen molar-refractivity contribution in [2.45, 2.75) is 44.2 Å². The Morgan fingerprint density at radius 1 is 0.697 bits per heavy atom. The summed E-state index contributed by atoms with van der Waals surface area (Å²) in [6.07, 6.45) is 0. The Labute approximate surface area is 205 Å². The molecule has 2 nitrogen and oxygen atoms in total. The molecule has 0 amide bonds. The molecule has 4 rings (SSSR count). The Kier molecular flexibility index (Phi) is 6.38. The third-order valence-corrected chi connectivity index (χ3v) is 11.6. The molecule has 4 aromatic carbocycles. The summed E-state index contributed by atoms with van der Waals surface area (Å²) in [6.45, 7) is 14.1. The van der Waals surface area contributed by atoms with Gasteiger partial charge in [0.05, 0.1) is 28.2 Å². The highest BCUT2D eigenvalue weighted by Crippen LogP contribution is 2.43. The minimum atomic E-state index is -1.66. The van der Waals surface area contributed by atoms with Gasteiger partial charge in [0, 0.05) is 11.1 Å². The number of hydrogen-bond donors (Lipinski definition) is 0. The van der Waals surface area contributed by atoms with Crippen molar-refractivity contribution in [3.63, 3.8) is 0 Å². The van der Waals surface area contributed by atoms with Crippen LogP contribution in [0, 0.1) is 0 Å². The average Bonchev–Trinajstić information content (AvgIpc) is 2.75. The maximum Gasteiger partial charge on any atom is 0.148 e. The van der Waals surface area contributed by atoms with Crippen LogP contribution in [0.15, 0.2) is 65.6 Å². The number of hydrogen-bond acceptors (Lipinski definition) is 2. The van der Waals surface area contributed by atoms with E-state index in [2.05, 4.69) is 81.7 Å². The molecule has 33 heavy (non-hydrogen) atoms. The summed E-state index contributed by atoms with van der Waals surface area (Å²) in [5, 5.41) is 7.22. The minimum Gasteiger partial charge on any atom is -0.496 e. The molecule has 172 valence electrons. The lowest BCUT2D eigenvalue weighted by Crippen LogP contribution is -2.37. The maximum absolute atomic E-state index is 12.7. The summed E-state index contributed by atoms with van der Waals surface area (Å²) in [4.78, 5) is 0.616. The molecule has 0 radical (unpaired) electrons. The van der Waals surface area contributed by atoms with Gasteiger partial charge in [0.15, 0.2) is 0 Å². The molecule has 0 spiro atoms. The van der Waals surface area contributed by atoms with Crippen molar-refractivity contribution in [3.05, 3.63) is 60.7 Å². The van der Waals surface area contributed by atoms with Crippen LogP contribution in [0.2, 0.25) is 39.3 Å². The van der Waals surface area contributed by atoms with Crippen LogP contribution in [0.1, 0.15) is 0 Å². The van der Waals surface area contributed by atoms with E-state index in [9.17, 15) is 4.21 Å². The van der Waals surface area contributed by atoms with E-state index in [4.69, 9.17) is 15.4 Å². The van der Waals surface area contributed by atoms with Crippen molar-refractivity contribution >= 4 is 68.8 Å². The van der Waals surface area contributed by atoms with Gasteiger partial charge in [-0.3, -0.25) is 0 Å². The molecule has 6 heteroatoms. The first-order valence-electron chi connectivity index (χ1n) is 11.2.